The van der Waals surface area contributed by atoms with Crippen LogP contribution < -0.4 is 9.80 Å². The number of aryl methyl sites for hydroxylation is 2. The molecule has 0 bridgehead atoms. The second-order valence-corrected chi connectivity index (χ2v) is 6.82. The van der Waals surface area contributed by atoms with Gasteiger partial charge in [0.1, 0.15) is 6.33 Å². The molecule has 3 aromatic heterocycles. The number of imidazole rings is 1. The van der Waals surface area contributed by atoms with Gasteiger partial charge in [0.05, 0.1) is 23.1 Å². The first-order valence-corrected chi connectivity index (χ1v) is 9.06. The third kappa shape index (κ3) is 2.64. The number of piperazine rings is 1. The van der Waals surface area contributed by atoms with Crippen molar-refractivity contribution in [2.75, 3.05) is 36.0 Å². The summed E-state index contributed by atoms with van der Waals surface area (Å²) in [6, 6.07) is 8.01. The summed E-state index contributed by atoms with van der Waals surface area (Å²) in [6.07, 6.45) is 3.40. The molecule has 8 nitrogen and oxygen atoms in total. The third-order valence-electron chi connectivity index (χ3n) is 5.08. The Kier molecular flexibility index (Phi) is 3.63. The molecule has 8 heteroatoms. The molecule has 0 atom stereocenters. The summed E-state index contributed by atoms with van der Waals surface area (Å²) in [5.74, 6) is 1.88. The number of anilines is 2. The maximum absolute atomic E-state index is 4.85. The minimum Gasteiger partial charge on any atom is -0.352 e. The van der Waals surface area contributed by atoms with Crippen LogP contribution in [0.25, 0.3) is 22.2 Å². The van der Waals surface area contributed by atoms with Crippen LogP contribution in [0.15, 0.2) is 36.9 Å². The molecule has 0 saturated carbocycles. The second kappa shape index (κ2) is 6.15. The van der Waals surface area contributed by atoms with Crippen LogP contribution in [-0.4, -0.2) is 55.7 Å². The van der Waals surface area contributed by atoms with E-state index in [1.807, 2.05) is 42.8 Å². The van der Waals surface area contributed by atoms with Gasteiger partial charge in [0.2, 0.25) is 0 Å². The van der Waals surface area contributed by atoms with Crippen molar-refractivity contribution in [1.29, 1.82) is 0 Å². The molecule has 0 amide bonds. The van der Waals surface area contributed by atoms with Crippen molar-refractivity contribution >= 4 is 33.8 Å². The van der Waals surface area contributed by atoms with Crippen LogP contribution in [-0.2, 0) is 7.05 Å². The van der Waals surface area contributed by atoms with Crippen LogP contribution in [0.3, 0.4) is 0 Å². The Labute approximate surface area is 156 Å². The predicted octanol–water partition coefficient (Wildman–Crippen LogP) is 1.94. The molecule has 1 fully saturated rings. The van der Waals surface area contributed by atoms with E-state index in [-0.39, 0.29) is 0 Å². The Bertz CT molecular complexity index is 1130. The lowest BCUT2D eigenvalue weighted by atomic mass is 10.2. The second-order valence-electron chi connectivity index (χ2n) is 6.82. The number of hydrogen-bond acceptors (Lipinski definition) is 7. The molecule has 5 rings (SSSR count). The Hall–Kier alpha value is -3.29. The van der Waals surface area contributed by atoms with Crippen molar-refractivity contribution in [3.05, 3.63) is 42.6 Å². The summed E-state index contributed by atoms with van der Waals surface area (Å²) in [7, 11) is 1.95. The van der Waals surface area contributed by atoms with Crippen molar-refractivity contribution in [2.45, 2.75) is 6.92 Å². The normalized spacial score (nSPS) is 15.0. The predicted molar refractivity (Wildman–Crippen MR) is 105 cm³/mol. The highest BCUT2D eigenvalue weighted by atomic mass is 15.3. The Morgan fingerprint density at radius 3 is 2.22 bits per heavy atom. The molecule has 4 aromatic rings. The van der Waals surface area contributed by atoms with E-state index in [2.05, 4.69) is 24.8 Å². The Balaban J connectivity index is 1.41. The maximum Gasteiger partial charge on any atom is 0.165 e. The Morgan fingerprint density at radius 1 is 0.815 bits per heavy atom. The van der Waals surface area contributed by atoms with E-state index in [1.165, 1.54) is 0 Å². The first-order valence-electron chi connectivity index (χ1n) is 9.06. The standard InChI is InChI=1S/C19H20N8/c1-13-17(24-15-6-4-3-5-14(15)23-13)26-7-9-27(10-8-26)19-16-18(20-11-21-19)25(2)12-22-16/h3-6,11-12H,7-10H2,1-2H3. The number of benzene rings is 1. The summed E-state index contributed by atoms with van der Waals surface area (Å²) in [4.78, 5) is 27.5. The van der Waals surface area contributed by atoms with Gasteiger partial charge in [-0.15, -0.1) is 0 Å². The number of nitrogens with zero attached hydrogens (tertiary/aromatic N) is 8. The third-order valence-corrected chi connectivity index (χ3v) is 5.08. The number of fused-ring (bicyclic) bond motifs is 2. The molecule has 1 aliphatic heterocycles. The average Bonchev–Trinajstić information content (AvgIpc) is 3.09. The van der Waals surface area contributed by atoms with E-state index < -0.39 is 0 Å². The Morgan fingerprint density at radius 2 is 1.48 bits per heavy atom. The van der Waals surface area contributed by atoms with Crippen molar-refractivity contribution in [2.24, 2.45) is 7.05 Å². The van der Waals surface area contributed by atoms with Crippen molar-refractivity contribution < 1.29 is 0 Å². The van der Waals surface area contributed by atoms with E-state index in [4.69, 9.17) is 9.97 Å². The molecule has 1 aliphatic rings. The van der Waals surface area contributed by atoms with Crippen molar-refractivity contribution in [3.8, 4) is 0 Å². The molecule has 0 spiro atoms. The summed E-state index contributed by atoms with van der Waals surface area (Å²) >= 11 is 0. The van der Waals surface area contributed by atoms with Crippen LogP contribution in [0.2, 0.25) is 0 Å². The number of hydrogen-bond donors (Lipinski definition) is 0. The lowest BCUT2D eigenvalue weighted by Crippen LogP contribution is -2.47. The van der Waals surface area contributed by atoms with E-state index in [1.54, 1.807) is 12.7 Å². The zero-order valence-corrected chi connectivity index (χ0v) is 15.4. The van der Waals surface area contributed by atoms with Crippen molar-refractivity contribution in [1.82, 2.24) is 29.5 Å². The summed E-state index contributed by atoms with van der Waals surface area (Å²) < 4.78 is 1.92. The molecule has 1 saturated heterocycles. The van der Waals surface area contributed by atoms with Gasteiger partial charge in [-0.1, -0.05) is 12.1 Å². The highest BCUT2D eigenvalue weighted by Gasteiger charge is 2.23. The minimum atomic E-state index is 0.857. The number of aromatic nitrogens is 6. The average molecular weight is 360 g/mol. The zero-order valence-electron chi connectivity index (χ0n) is 15.4. The van der Waals surface area contributed by atoms with Gasteiger partial charge in [0.15, 0.2) is 22.8 Å². The van der Waals surface area contributed by atoms with Crippen LogP contribution in [0, 0.1) is 6.92 Å². The SMILES string of the molecule is Cc1nc2ccccc2nc1N1CCN(c2ncnc3c2ncn3C)CC1. The molecule has 136 valence electrons. The smallest absolute Gasteiger partial charge is 0.165 e. The molecular weight excluding hydrogens is 340 g/mol. The first-order chi connectivity index (χ1) is 13.2. The lowest BCUT2D eigenvalue weighted by molar-refractivity contribution is 0.641. The molecule has 0 N–H and O–H groups in total. The fraction of sp³-hybridized carbons (Fsp3) is 0.316. The summed E-state index contributed by atoms with van der Waals surface area (Å²) in [5, 5.41) is 0. The topological polar surface area (TPSA) is 75.9 Å². The van der Waals surface area contributed by atoms with Gasteiger partial charge >= 0.3 is 0 Å². The number of para-hydroxylation sites is 2. The molecule has 27 heavy (non-hydrogen) atoms. The minimum absolute atomic E-state index is 0.857. The van der Waals surface area contributed by atoms with Crippen molar-refractivity contribution in [3.63, 3.8) is 0 Å². The van der Waals surface area contributed by atoms with Gasteiger partial charge in [-0.3, -0.25) is 0 Å². The van der Waals surface area contributed by atoms with Crippen LogP contribution in [0.1, 0.15) is 5.69 Å². The van der Waals surface area contributed by atoms with Crippen LogP contribution >= 0.6 is 0 Å². The monoisotopic (exact) mass is 360 g/mol. The molecular formula is C19H20N8. The van der Waals surface area contributed by atoms with Crippen LogP contribution in [0.4, 0.5) is 11.6 Å². The van der Waals surface area contributed by atoms with E-state index in [0.29, 0.717) is 0 Å². The van der Waals surface area contributed by atoms with E-state index in [0.717, 1.165) is 65.7 Å². The van der Waals surface area contributed by atoms with Crippen LogP contribution in [0.5, 0.6) is 0 Å². The molecule has 1 aromatic carbocycles. The van der Waals surface area contributed by atoms with Gasteiger partial charge in [0.25, 0.3) is 0 Å². The summed E-state index contributed by atoms with van der Waals surface area (Å²) in [6.45, 7) is 5.48. The number of rotatable bonds is 2. The molecule has 4 heterocycles. The van der Waals surface area contributed by atoms with E-state index in [9.17, 15) is 0 Å². The van der Waals surface area contributed by atoms with Gasteiger partial charge < -0.3 is 14.4 Å². The zero-order chi connectivity index (χ0) is 18.4. The highest BCUT2D eigenvalue weighted by molar-refractivity contribution is 5.83. The fourth-order valence-electron chi connectivity index (χ4n) is 3.67. The quantitative estimate of drug-likeness (QED) is 0.541. The molecule has 0 radical (unpaired) electrons. The highest BCUT2D eigenvalue weighted by Crippen LogP contribution is 2.25. The van der Waals surface area contributed by atoms with Gasteiger partial charge in [-0.25, -0.2) is 24.9 Å². The van der Waals surface area contributed by atoms with Gasteiger partial charge in [-0.05, 0) is 19.1 Å². The first kappa shape index (κ1) is 15.9. The molecule has 0 aliphatic carbocycles. The fourth-order valence-corrected chi connectivity index (χ4v) is 3.67. The lowest BCUT2D eigenvalue weighted by Gasteiger charge is -2.36. The summed E-state index contributed by atoms with van der Waals surface area (Å²) in [5.41, 5.74) is 4.56. The van der Waals surface area contributed by atoms with E-state index >= 15 is 0 Å². The maximum atomic E-state index is 4.85. The van der Waals surface area contributed by atoms with Gasteiger partial charge in [0, 0.05) is 33.2 Å². The molecule has 0 unspecified atom stereocenters. The van der Waals surface area contributed by atoms with Gasteiger partial charge in [-0.2, -0.15) is 0 Å². The largest absolute Gasteiger partial charge is 0.352 e.